The first-order valence-corrected chi connectivity index (χ1v) is 10.5. The fraction of sp³-hybridized carbons (Fsp3) is 0.409. The molecule has 0 aromatic heterocycles. The van der Waals surface area contributed by atoms with E-state index >= 15 is 0 Å². The van der Waals surface area contributed by atoms with Gasteiger partial charge in [-0.2, -0.15) is 0 Å². The van der Waals surface area contributed by atoms with Crippen LogP contribution >= 0.6 is 11.6 Å². The molecule has 2 aromatic carbocycles. The first-order chi connectivity index (χ1) is 14.9. The van der Waals surface area contributed by atoms with Gasteiger partial charge in [0.1, 0.15) is 24.3 Å². The highest BCUT2D eigenvalue weighted by molar-refractivity contribution is 6.66. The summed E-state index contributed by atoms with van der Waals surface area (Å²) in [5, 5.41) is 11.3. The number of hydrogen-bond donors (Lipinski definition) is 2. The molecule has 2 aliphatic heterocycles. The summed E-state index contributed by atoms with van der Waals surface area (Å²) < 4.78 is 38.2. The number of primary amides is 1. The molecule has 170 valence electrons. The molecular weight excluding hydrogens is 440 g/mol. The number of fused-ring (bicyclic) bond motifs is 1. The summed E-state index contributed by atoms with van der Waals surface area (Å²) in [7, 11) is -1.06. The van der Waals surface area contributed by atoms with Crippen molar-refractivity contribution < 1.29 is 33.1 Å². The van der Waals surface area contributed by atoms with Crippen molar-refractivity contribution in [2.45, 2.75) is 50.6 Å². The van der Waals surface area contributed by atoms with Crippen LogP contribution in [0.3, 0.4) is 0 Å². The maximum atomic E-state index is 14.9. The number of nitrogens with two attached hydrogens (primary N) is 1. The van der Waals surface area contributed by atoms with Gasteiger partial charge in [-0.25, -0.2) is 9.18 Å². The van der Waals surface area contributed by atoms with E-state index in [0.29, 0.717) is 5.56 Å². The molecule has 3 N–H and O–H groups in total. The summed E-state index contributed by atoms with van der Waals surface area (Å²) in [5.41, 5.74) is 2.98. The normalized spacial score (nSPS) is 25.3. The van der Waals surface area contributed by atoms with E-state index in [0.717, 1.165) is 6.07 Å². The van der Waals surface area contributed by atoms with Crippen molar-refractivity contribution >= 4 is 30.3 Å². The first-order valence-electron chi connectivity index (χ1n) is 10.1. The van der Waals surface area contributed by atoms with Crippen LogP contribution in [0.5, 0.6) is 5.75 Å². The average molecular weight is 464 g/mol. The molecule has 0 saturated carbocycles. The second-order valence-corrected chi connectivity index (χ2v) is 9.33. The molecular formula is C22H24BClFNO6. The summed E-state index contributed by atoms with van der Waals surface area (Å²) >= 11 is 6.37. The first kappa shape index (κ1) is 22.9. The van der Waals surface area contributed by atoms with Crippen molar-refractivity contribution in [3.63, 3.8) is 0 Å². The van der Waals surface area contributed by atoms with Gasteiger partial charge in [-0.1, -0.05) is 41.9 Å². The number of rotatable bonds is 4. The number of hydrogen-bond acceptors (Lipinski definition) is 6. The van der Waals surface area contributed by atoms with Gasteiger partial charge >= 0.3 is 13.2 Å². The van der Waals surface area contributed by atoms with Crippen LogP contribution in [0.15, 0.2) is 36.4 Å². The molecule has 1 fully saturated rings. The average Bonchev–Trinajstić information content (AvgIpc) is 3.11. The Hall–Kier alpha value is -2.33. The molecule has 1 amide bonds. The molecule has 2 unspecified atom stereocenters. The molecule has 4 rings (SSSR count). The quantitative estimate of drug-likeness (QED) is 0.676. The van der Waals surface area contributed by atoms with Crippen molar-refractivity contribution in [2.75, 3.05) is 6.61 Å². The van der Waals surface area contributed by atoms with Gasteiger partial charge in [0.15, 0.2) is 5.60 Å². The van der Waals surface area contributed by atoms with E-state index in [4.69, 9.17) is 36.1 Å². The van der Waals surface area contributed by atoms with E-state index in [1.807, 2.05) is 27.7 Å². The van der Waals surface area contributed by atoms with E-state index in [2.05, 4.69) is 0 Å². The van der Waals surface area contributed by atoms with Gasteiger partial charge in [-0.05, 0) is 27.7 Å². The van der Waals surface area contributed by atoms with E-state index in [9.17, 15) is 14.3 Å². The minimum atomic E-state index is -1.58. The molecule has 0 bridgehead atoms. The zero-order chi connectivity index (χ0) is 23.5. The molecule has 0 aliphatic carbocycles. The predicted octanol–water partition coefficient (Wildman–Crippen LogP) is 3.19. The molecule has 32 heavy (non-hydrogen) atoms. The van der Waals surface area contributed by atoms with E-state index in [-0.39, 0.29) is 21.8 Å². The summed E-state index contributed by atoms with van der Waals surface area (Å²) in [5.74, 6) is -0.719. The van der Waals surface area contributed by atoms with E-state index in [1.165, 1.54) is 0 Å². The Morgan fingerprint density at radius 2 is 1.81 bits per heavy atom. The number of halogens is 2. The van der Waals surface area contributed by atoms with E-state index < -0.39 is 48.5 Å². The van der Waals surface area contributed by atoms with Gasteiger partial charge in [0.25, 0.3) is 0 Å². The van der Waals surface area contributed by atoms with Crippen molar-refractivity contribution in [2.24, 2.45) is 5.73 Å². The maximum absolute atomic E-state index is 14.9. The monoisotopic (exact) mass is 463 g/mol. The molecule has 0 spiro atoms. The van der Waals surface area contributed by atoms with Crippen LogP contribution in [0.2, 0.25) is 5.02 Å². The third-order valence-corrected chi connectivity index (χ3v) is 6.83. The van der Waals surface area contributed by atoms with Crippen LogP contribution < -0.4 is 15.9 Å². The summed E-state index contributed by atoms with van der Waals surface area (Å²) in [6.45, 7) is 6.99. The molecule has 2 aromatic rings. The summed E-state index contributed by atoms with van der Waals surface area (Å²) in [6.07, 6.45) is -2.44. The molecule has 1 saturated heterocycles. The number of aliphatic hydroxyl groups excluding tert-OH is 1. The lowest BCUT2D eigenvalue weighted by molar-refractivity contribution is -0.0710. The Morgan fingerprint density at radius 1 is 1.22 bits per heavy atom. The van der Waals surface area contributed by atoms with Crippen LogP contribution in [-0.4, -0.2) is 36.1 Å². The number of amides is 1. The number of ether oxygens (including phenoxy) is 2. The number of benzene rings is 2. The fourth-order valence-corrected chi connectivity index (χ4v) is 4.23. The van der Waals surface area contributed by atoms with Crippen LogP contribution in [0, 0.1) is 5.82 Å². The zero-order valence-electron chi connectivity index (χ0n) is 18.1. The lowest BCUT2D eigenvalue weighted by Crippen LogP contribution is -2.44. The van der Waals surface area contributed by atoms with Crippen LogP contribution in [0.4, 0.5) is 9.18 Å². The van der Waals surface area contributed by atoms with Crippen molar-refractivity contribution in [3.8, 4) is 5.75 Å². The lowest BCUT2D eigenvalue weighted by atomic mass is 9.72. The van der Waals surface area contributed by atoms with Gasteiger partial charge in [0.05, 0.1) is 16.2 Å². The van der Waals surface area contributed by atoms with Gasteiger partial charge in [-0.15, -0.1) is 0 Å². The summed E-state index contributed by atoms with van der Waals surface area (Å²) in [4.78, 5) is 11.4. The van der Waals surface area contributed by atoms with Crippen molar-refractivity contribution in [1.29, 1.82) is 0 Å². The maximum Gasteiger partial charge on any atom is 0.497 e. The molecule has 10 heteroatoms. The zero-order valence-corrected chi connectivity index (χ0v) is 18.9. The minimum Gasteiger partial charge on any atom is -0.475 e. The van der Waals surface area contributed by atoms with Gasteiger partial charge in [-0.3, -0.25) is 0 Å². The second kappa shape index (κ2) is 7.62. The van der Waals surface area contributed by atoms with Gasteiger partial charge < -0.3 is 29.6 Å². The molecule has 7 nitrogen and oxygen atoms in total. The third kappa shape index (κ3) is 3.44. The number of carbonyl (C=O) groups is 1. The van der Waals surface area contributed by atoms with Crippen molar-refractivity contribution in [1.82, 2.24) is 0 Å². The predicted molar refractivity (Wildman–Crippen MR) is 116 cm³/mol. The SMILES string of the molecule is CC1(C)OB(c2c(Cl)c(F)cc3c2C(O)C(COC(N)=O)(c2ccccc2)O3)OC1(C)C. The van der Waals surface area contributed by atoms with Crippen molar-refractivity contribution in [3.05, 3.63) is 58.4 Å². The Kier molecular flexibility index (Phi) is 5.44. The summed E-state index contributed by atoms with van der Waals surface area (Å²) in [6, 6.07) is 9.75. The Balaban J connectivity index is 1.87. The molecule has 0 radical (unpaired) electrons. The highest BCUT2D eigenvalue weighted by Crippen LogP contribution is 2.50. The topological polar surface area (TPSA) is 100 Å². The highest BCUT2D eigenvalue weighted by atomic mass is 35.5. The van der Waals surface area contributed by atoms with Crippen LogP contribution in [0.25, 0.3) is 0 Å². The van der Waals surface area contributed by atoms with Crippen LogP contribution in [0.1, 0.15) is 44.9 Å². The van der Waals surface area contributed by atoms with Gasteiger partial charge in [0.2, 0.25) is 0 Å². The van der Waals surface area contributed by atoms with Gasteiger partial charge in [0, 0.05) is 22.7 Å². The lowest BCUT2D eigenvalue weighted by Gasteiger charge is -2.32. The third-order valence-electron chi connectivity index (χ3n) is 6.45. The minimum absolute atomic E-state index is 0.0426. The molecule has 2 atom stereocenters. The Bertz CT molecular complexity index is 1050. The second-order valence-electron chi connectivity index (χ2n) is 8.95. The number of carbonyl (C=O) groups excluding carboxylic acids is 1. The Labute approximate surface area is 190 Å². The molecule has 2 heterocycles. The van der Waals surface area contributed by atoms with Crippen LogP contribution in [-0.2, 0) is 19.6 Å². The standard InChI is InChI=1S/C22H24BClFNO6/c1-20(2)21(3,4)32-23(31-20)16-15-14(10-13(25)17(16)24)30-22(18(15)27,11-29-19(26)28)12-8-6-5-7-9-12/h5-10,18,27H,11H2,1-4H3,(H2,26,28). The Morgan fingerprint density at radius 3 is 2.38 bits per heavy atom. The van der Waals surface area contributed by atoms with E-state index in [1.54, 1.807) is 30.3 Å². The smallest absolute Gasteiger partial charge is 0.475 e. The number of aliphatic hydroxyl groups is 1. The largest absolute Gasteiger partial charge is 0.497 e. The molecule has 2 aliphatic rings. The highest BCUT2D eigenvalue weighted by Gasteiger charge is 2.57. The fourth-order valence-electron chi connectivity index (χ4n) is 3.99.